The number of hydrogen-bond donors (Lipinski definition) is 0. The third kappa shape index (κ3) is 4.92. The Labute approximate surface area is 165 Å². The Kier molecular flexibility index (Phi) is 6.33. The van der Waals surface area contributed by atoms with E-state index < -0.39 is 5.97 Å². The van der Waals surface area contributed by atoms with Crippen molar-refractivity contribution in [3.8, 4) is 11.5 Å². The van der Waals surface area contributed by atoms with Crippen LogP contribution in [-0.4, -0.2) is 13.1 Å². The molecule has 144 valence electrons. The van der Waals surface area contributed by atoms with Gasteiger partial charge in [-0.1, -0.05) is 54.1 Å². The first-order chi connectivity index (χ1) is 13.6. The molecule has 0 amide bonds. The predicted octanol–water partition coefficient (Wildman–Crippen LogP) is 5.25. The second kappa shape index (κ2) is 9.09. The van der Waals surface area contributed by atoms with Crippen LogP contribution in [0.15, 0.2) is 66.7 Å². The molecule has 3 aromatic carbocycles. The lowest BCUT2D eigenvalue weighted by molar-refractivity contribution is 0.0471. The van der Waals surface area contributed by atoms with Crippen molar-refractivity contribution in [2.75, 3.05) is 7.11 Å². The molecule has 4 heteroatoms. The Balaban J connectivity index is 1.66. The van der Waals surface area contributed by atoms with Gasteiger partial charge in [-0.3, -0.25) is 0 Å². The van der Waals surface area contributed by atoms with Gasteiger partial charge in [-0.15, -0.1) is 0 Å². The maximum absolute atomic E-state index is 12.5. The predicted molar refractivity (Wildman–Crippen MR) is 109 cm³/mol. The molecule has 4 nitrogen and oxygen atoms in total. The van der Waals surface area contributed by atoms with Gasteiger partial charge in [0.1, 0.15) is 13.2 Å². The molecular weight excluding hydrogens is 352 g/mol. The number of rotatable bonds is 7. The van der Waals surface area contributed by atoms with E-state index in [2.05, 4.69) is 0 Å². The van der Waals surface area contributed by atoms with Crippen molar-refractivity contribution >= 4 is 5.97 Å². The molecule has 0 aliphatic rings. The van der Waals surface area contributed by atoms with E-state index in [4.69, 9.17) is 14.2 Å². The van der Waals surface area contributed by atoms with E-state index in [1.807, 2.05) is 62.4 Å². The quantitative estimate of drug-likeness (QED) is 0.529. The van der Waals surface area contributed by atoms with Crippen LogP contribution >= 0.6 is 0 Å². The van der Waals surface area contributed by atoms with Crippen LogP contribution in [0.2, 0.25) is 0 Å². The highest BCUT2D eigenvalue weighted by Crippen LogP contribution is 2.29. The Morgan fingerprint density at radius 1 is 0.857 bits per heavy atom. The van der Waals surface area contributed by atoms with Crippen molar-refractivity contribution in [1.82, 2.24) is 0 Å². The van der Waals surface area contributed by atoms with Gasteiger partial charge in [-0.25, -0.2) is 4.79 Å². The summed E-state index contributed by atoms with van der Waals surface area (Å²) < 4.78 is 16.7. The molecule has 0 aliphatic heterocycles. The van der Waals surface area contributed by atoms with Crippen LogP contribution in [-0.2, 0) is 18.0 Å². The molecule has 0 N–H and O–H groups in total. The molecule has 0 unspecified atom stereocenters. The Morgan fingerprint density at radius 3 is 2.39 bits per heavy atom. The smallest absolute Gasteiger partial charge is 0.338 e. The van der Waals surface area contributed by atoms with Crippen LogP contribution in [0.25, 0.3) is 0 Å². The fourth-order valence-corrected chi connectivity index (χ4v) is 2.83. The summed E-state index contributed by atoms with van der Waals surface area (Å²) >= 11 is 0. The minimum atomic E-state index is -0.395. The average molecular weight is 376 g/mol. The number of esters is 1. The Bertz CT molecular complexity index is 948. The molecule has 0 heterocycles. The Morgan fingerprint density at radius 2 is 1.64 bits per heavy atom. The van der Waals surface area contributed by atoms with Gasteiger partial charge in [0.05, 0.1) is 12.7 Å². The zero-order valence-electron chi connectivity index (χ0n) is 16.4. The molecule has 0 atom stereocenters. The van der Waals surface area contributed by atoms with Crippen LogP contribution in [0.4, 0.5) is 0 Å². The third-order valence-electron chi connectivity index (χ3n) is 4.50. The molecule has 0 fully saturated rings. The van der Waals surface area contributed by atoms with Crippen LogP contribution in [0, 0.1) is 13.8 Å². The molecule has 0 bridgehead atoms. The van der Waals surface area contributed by atoms with Crippen LogP contribution in [0.1, 0.15) is 32.6 Å². The van der Waals surface area contributed by atoms with E-state index in [9.17, 15) is 4.79 Å². The fraction of sp³-hybridized carbons (Fsp3) is 0.208. The number of carbonyl (C=O) groups is 1. The number of ether oxygens (including phenoxy) is 3. The van der Waals surface area contributed by atoms with Gasteiger partial charge in [-0.2, -0.15) is 0 Å². The minimum absolute atomic E-state index is 0.237. The van der Waals surface area contributed by atoms with Gasteiger partial charge in [-0.05, 0) is 48.7 Å². The molecular formula is C24H24O4. The average Bonchev–Trinajstić information content (AvgIpc) is 2.73. The van der Waals surface area contributed by atoms with E-state index in [0.717, 1.165) is 22.3 Å². The largest absolute Gasteiger partial charge is 0.493 e. The third-order valence-corrected chi connectivity index (χ3v) is 4.50. The normalized spacial score (nSPS) is 10.4. The summed E-state index contributed by atoms with van der Waals surface area (Å²) in [6.07, 6.45) is 0. The summed E-state index contributed by atoms with van der Waals surface area (Å²) in [4.78, 5) is 12.5. The van der Waals surface area contributed by atoms with Gasteiger partial charge < -0.3 is 14.2 Å². The number of carbonyl (C=O) groups excluding carboxylic acids is 1. The standard InChI is InChI=1S/C24H24O4/c1-17-9-10-18(2)21(13-17)16-28-24(25)20-11-12-22(23(14-20)26-3)27-15-19-7-5-4-6-8-19/h4-14H,15-16H2,1-3H3. The van der Waals surface area contributed by atoms with E-state index >= 15 is 0 Å². The van der Waals surface area contributed by atoms with Crippen LogP contribution in [0.5, 0.6) is 11.5 Å². The molecule has 0 spiro atoms. The van der Waals surface area contributed by atoms with Gasteiger partial charge in [0.15, 0.2) is 11.5 Å². The van der Waals surface area contributed by atoms with Crippen molar-refractivity contribution < 1.29 is 19.0 Å². The molecule has 3 aromatic rings. The van der Waals surface area contributed by atoms with Crippen molar-refractivity contribution in [2.45, 2.75) is 27.1 Å². The highest BCUT2D eigenvalue weighted by Gasteiger charge is 2.13. The molecule has 28 heavy (non-hydrogen) atoms. The van der Waals surface area contributed by atoms with E-state index in [0.29, 0.717) is 23.7 Å². The lowest BCUT2D eigenvalue weighted by atomic mass is 10.1. The van der Waals surface area contributed by atoms with E-state index in [1.54, 1.807) is 25.3 Å². The van der Waals surface area contributed by atoms with Gasteiger partial charge >= 0.3 is 5.97 Å². The second-order valence-corrected chi connectivity index (χ2v) is 6.65. The maximum atomic E-state index is 12.5. The molecule has 0 aromatic heterocycles. The van der Waals surface area contributed by atoms with Gasteiger partial charge in [0.25, 0.3) is 0 Å². The Hall–Kier alpha value is -3.27. The summed E-state index contributed by atoms with van der Waals surface area (Å²) in [5.74, 6) is 0.684. The fourth-order valence-electron chi connectivity index (χ4n) is 2.83. The lowest BCUT2D eigenvalue weighted by Crippen LogP contribution is -2.07. The summed E-state index contributed by atoms with van der Waals surface area (Å²) in [5, 5.41) is 0. The topological polar surface area (TPSA) is 44.8 Å². The first-order valence-electron chi connectivity index (χ1n) is 9.15. The summed E-state index contributed by atoms with van der Waals surface area (Å²) in [5.41, 5.74) is 4.72. The highest BCUT2D eigenvalue weighted by atomic mass is 16.5. The zero-order chi connectivity index (χ0) is 19.9. The lowest BCUT2D eigenvalue weighted by Gasteiger charge is -2.13. The number of benzene rings is 3. The van der Waals surface area contributed by atoms with Crippen LogP contribution < -0.4 is 9.47 Å². The van der Waals surface area contributed by atoms with E-state index in [-0.39, 0.29) is 6.61 Å². The number of aryl methyl sites for hydroxylation is 2. The maximum Gasteiger partial charge on any atom is 0.338 e. The molecule has 0 saturated heterocycles. The number of methoxy groups -OCH3 is 1. The van der Waals surface area contributed by atoms with Gasteiger partial charge in [0.2, 0.25) is 0 Å². The van der Waals surface area contributed by atoms with Crippen molar-refractivity contribution in [2.24, 2.45) is 0 Å². The van der Waals surface area contributed by atoms with Crippen LogP contribution in [0.3, 0.4) is 0 Å². The monoisotopic (exact) mass is 376 g/mol. The SMILES string of the molecule is COc1cc(C(=O)OCc2cc(C)ccc2C)ccc1OCc1ccccc1. The molecule has 0 radical (unpaired) electrons. The minimum Gasteiger partial charge on any atom is -0.493 e. The molecule has 0 aliphatic carbocycles. The van der Waals surface area contributed by atoms with Crippen molar-refractivity contribution in [3.05, 3.63) is 94.5 Å². The molecule has 0 saturated carbocycles. The number of hydrogen-bond acceptors (Lipinski definition) is 4. The summed E-state index contributed by atoms with van der Waals surface area (Å²) in [6, 6.07) is 21.0. The first kappa shape index (κ1) is 19.5. The molecule has 3 rings (SSSR count). The summed E-state index contributed by atoms with van der Waals surface area (Å²) in [7, 11) is 1.55. The highest BCUT2D eigenvalue weighted by molar-refractivity contribution is 5.90. The van der Waals surface area contributed by atoms with Gasteiger partial charge in [0, 0.05) is 0 Å². The summed E-state index contributed by atoms with van der Waals surface area (Å²) in [6.45, 7) is 4.68. The van der Waals surface area contributed by atoms with E-state index in [1.165, 1.54) is 0 Å². The second-order valence-electron chi connectivity index (χ2n) is 6.65. The van der Waals surface area contributed by atoms with Crippen molar-refractivity contribution in [1.29, 1.82) is 0 Å². The first-order valence-corrected chi connectivity index (χ1v) is 9.15. The van der Waals surface area contributed by atoms with Crippen molar-refractivity contribution in [3.63, 3.8) is 0 Å². The zero-order valence-corrected chi connectivity index (χ0v) is 16.4.